The molecular weight excluding hydrogens is 490 g/mol. The topological polar surface area (TPSA) is 61.4 Å². The number of nitrogens with one attached hydrogen (secondary N) is 2. The zero-order chi connectivity index (χ0) is 24.7. The van der Waals surface area contributed by atoms with Gasteiger partial charge in [-0.2, -0.15) is 0 Å². The van der Waals surface area contributed by atoms with E-state index in [9.17, 15) is 9.59 Å². The van der Waals surface area contributed by atoms with Gasteiger partial charge in [-0.15, -0.1) is 0 Å². The molecule has 2 amide bonds. The molecule has 3 aromatic rings. The van der Waals surface area contributed by atoms with Crippen molar-refractivity contribution in [1.29, 1.82) is 0 Å². The number of carbonyl (C=O) groups excluding carboxylic acids is 2. The van der Waals surface area contributed by atoms with Gasteiger partial charge in [-0.25, -0.2) is 0 Å². The van der Waals surface area contributed by atoms with Crippen molar-refractivity contribution < 1.29 is 9.59 Å². The molecule has 0 saturated carbocycles. The SMILES string of the molecule is CNc1ccc(Br)cc1C(=O)Nc1ccc2c(c1)C(C)(c1ccccc1)CC(C)(C)N2C(C)=O. The largest absolute Gasteiger partial charge is 0.387 e. The molecule has 0 aromatic heterocycles. The minimum Gasteiger partial charge on any atom is -0.387 e. The van der Waals surface area contributed by atoms with Gasteiger partial charge >= 0.3 is 0 Å². The van der Waals surface area contributed by atoms with Crippen LogP contribution in [0, 0.1) is 0 Å². The molecule has 3 aromatic carbocycles. The van der Waals surface area contributed by atoms with Gasteiger partial charge in [-0.05, 0) is 67.8 Å². The molecule has 1 unspecified atom stereocenters. The van der Waals surface area contributed by atoms with Crippen LogP contribution in [0.25, 0.3) is 0 Å². The Morgan fingerprint density at radius 1 is 0.971 bits per heavy atom. The number of amides is 2. The summed E-state index contributed by atoms with van der Waals surface area (Å²) >= 11 is 3.45. The van der Waals surface area contributed by atoms with Crippen molar-refractivity contribution in [2.24, 2.45) is 0 Å². The molecule has 1 aliphatic heterocycles. The number of hydrogen-bond donors (Lipinski definition) is 2. The number of hydrogen-bond acceptors (Lipinski definition) is 3. The summed E-state index contributed by atoms with van der Waals surface area (Å²) < 4.78 is 0.832. The second kappa shape index (κ2) is 8.91. The number of carbonyl (C=O) groups is 2. The molecule has 0 fully saturated rings. The lowest BCUT2D eigenvalue weighted by atomic mass is 9.65. The monoisotopic (exact) mass is 519 g/mol. The molecule has 0 saturated heterocycles. The van der Waals surface area contributed by atoms with E-state index in [0.717, 1.165) is 27.8 Å². The van der Waals surface area contributed by atoms with E-state index >= 15 is 0 Å². The van der Waals surface area contributed by atoms with Crippen molar-refractivity contribution in [2.45, 2.75) is 45.1 Å². The molecule has 6 heteroatoms. The molecule has 4 rings (SSSR count). The van der Waals surface area contributed by atoms with E-state index in [2.05, 4.69) is 59.5 Å². The second-order valence-electron chi connectivity index (χ2n) is 9.67. The van der Waals surface area contributed by atoms with Gasteiger partial charge in [0.25, 0.3) is 5.91 Å². The Morgan fingerprint density at radius 2 is 1.68 bits per heavy atom. The van der Waals surface area contributed by atoms with E-state index in [0.29, 0.717) is 11.3 Å². The van der Waals surface area contributed by atoms with Gasteiger partial charge in [0, 0.05) is 46.5 Å². The lowest BCUT2D eigenvalue weighted by molar-refractivity contribution is -0.117. The summed E-state index contributed by atoms with van der Waals surface area (Å²) in [5.74, 6) is -0.197. The van der Waals surface area contributed by atoms with Crippen LogP contribution in [-0.2, 0) is 10.2 Å². The Morgan fingerprint density at radius 3 is 2.32 bits per heavy atom. The van der Waals surface area contributed by atoms with Crippen molar-refractivity contribution in [1.82, 2.24) is 0 Å². The Hall–Kier alpha value is -3.12. The molecule has 1 aliphatic rings. The number of halogens is 1. The highest BCUT2D eigenvalue weighted by Gasteiger charge is 2.47. The van der Waals surface area contributed by atoms with Gasteiger partial charge < -0.3 is 15.5 Å². The second-order valence-corrected chi connectivity index (χ2v) is 10.6. The summed E-state index contributed by atoms with van der Waals surface area (Å²) in [5, 5.41) is 6.14. The van der Waals surface area contributed by atoms with Gasteiger partial charge in [-0.3, -0.25) is 9.59 Å². The van der Waals surface area contributed by atoms with Crippen LogP contribution in [0.2, 0.25) is 0 Å². The zero-order valence-electron chi connectivity index (χ0n) is 20.2. The summed E-state index contributed by atoms with van der Waals surface area (Å²) in [6, 6.07) is 21.8. The fraction of sp³-hybridized carbons (Fsp3) is 0.286. The third-order valence-electron chi connectivity index (χ3n) is 6.70. The summed E-state index contributed by atoms with van der Waals surface area (Å²) in [6.07, 6.45) is 0.753. The lowest BCUT2D eigenvalue weighted by Crippen LogP contribution is -2.55. The number of anilines is 3. The van der Waals surface area contributed by atoms with Crippen LogP contribution >= 0.6 is 15.9 Å². The standard InChI is InChI=1S/C28H30BrN3O2/c1-18(33)32-25-14-12-21(31-26(34)22-15-20(29)11-13-24(22)30-5)16-23(25)28(4,17-27(32,2)3)19-9-7-6-8-10-19/h6-16,30H,17H2,1-5H3,(H,31,34). The fourth-order valence-corrected chi connectivity index (χ4v) is 5.76. The van der Waals surface area contributed by atoms with E-state index < -0.39 is 0 Å². The predicted molar refractivity (Wildman–Crippen MR) is 143 cm³/mol. The Kier molecular flexibility index (Phi) is 6.30. The molecule has 1 atom stereocenters. The zero-order valence-corrected chi connectivity index (χ0v) is 21.8. The highest BCUT2D eigenvalue weighted by molar-refractivity contribution is 9.10. The number of benzene rings is 3. The molecule has 5 nitrogen and oxygen atoms in total. The molecule has 0 aliphatic carbocycles. The Labute approximate surface area is 209 Å². The number of nitrogens with zero attached hydrogens (tertiary/aromatic N) is 1. The molecule has 2 N–H and O–H groups in total. The summed E-state index contributed by atoms with van der Waals surface area (Å²) in [5.41, 5.74) is 4.37. The smallest absolute Gasteiger partial charge is 0.257 e. The molecule has 34 heavy (non-hydrogen) atoms. The fourth-order valence-electron chi connectivity index (χ4n) is 5.40. The third kappa shape index (κ3) is 4.23. The molecule has 176 valence electrons. The van der Waals surface area contributed by atoms with Crippen LogP contribution in [0.4, 0.5) is 17.1 Å². The van der Waals surface area contributed by atoms with Crippen LogP contribution in [0.3, 0.4) is 0 Å². The lowest BCUT2D eigenvalue weighted by Gasteiger charge is -2.51. The average molecular weight is 520 g/mol. The first kappa shape index (κ1) is 24.0. The van der Waals surface area contributed by atoms with Crippen molar-refractivity contribution in [3.05, 3.63) is 87.9 Å². The third-order valence-corrected chi connectivity index (χ3v) is 7.20. The molecular formula is C28H30BrN3O2. The maximum absolute atomic E-state index is 13.2. The van der Waals surface area contributed by atoms with Gasteiger partial charge in [0.2, 0.25) is 5.91 Å². The Balaban J connectivity index is 1.82. The maximum Gasteiger partial charge on any atom is 0.257 e. The summed E-state index contributed by atoms with van der Waals surface area (Å²) in [7, 11) is 1.79. The first-order chi connectivity index (χ1) is 16.1. The molecule has 0 bridgehead atoms. The van der Waals surface area contributed by atoms with Gasteiger partial charge in [0.1, 0.15) is 0 Å². The predicted octanol–water partition coefficient (Wildman–Crippen LogP) is 6.58. The molecule has 0 radical (unpaired) electrons. The van der Waals surface area contributed by atoms with E-state index in [1.165, 1.54) is 5.56 Å². The van der Waals surface area contributed by atoms with Gasteiger partial charge in [0.15, 0.2) is 0 Å². The quantitative estimate of drug-likeness (QED) is 0.408. The summed E-state index contributed by atoms with van der Waals surface area (Å²) in [6.45, 7) is 8.06. The van der Waals surface area contributed by atoms with Crippen LogP contribution in [-0.4, -0.2) is 24.4 Å². The van der Waals surface area contributed by atoms with Crippen molar-refractivity contribution in [3.63, 3.8) is 0 Å². The van der Waals surface area contributed by atoms with E-state index in [4.69, 9.17) is 0 Å². The number of fused-ring (bicyclic) bond motifs is 1. The van der Waals surface area contributed by atoms with Crippen LogP contribution in [0.5, 0.6) is 0 Å². The highest BCUT2D eigenvalue weighted by Crippen LogP contribution is 2.51. The van der Waals surface area contributed by atoms with Crippen LogP contribution in [0.1, 0.15) is 55.6 Å². The van der Waals surface area contributed by atoms with Crippen molar-refractivity contribution >= 4 is 44.8 Å². The normalized spacial score (nSPS) is 18.7. The first-order valence-corrected chi connectivity index (χ1v) is 12.2. The van der Waals surface area contributed by atoms with Gasteiger partial charge in [0.05, 0.1) is 5.56 Å². The molecule has 0 spiro atoms. The van der Waals surface area contributed by atoms with Crippen molar-refractivity contribution in [3.8, 4) is 0 Å². The van der Waals surface area contributed by atoms with E-state index in [-0.39, 0.29) is 22.8 Å². The minimum atomic E-state index is -0.369. The van der Waals surface area contributed by atoms with Crippen LogP contribution in [0.15, 0.2) is 71.2 Å². The van der Waals surface area contributed by atoms with Crippen molar-refractivity contribution in [2.75, 3.05) is 22.6 Å². The first-order valence-electron chi connectivity index (χ1n) is 11.4. The Bertz CT molecular complexity index is 1260. The minimum absolute atomic E-state index is 0.00550. The van der Waals surface area contributed by atoms with Crippen LogP contribution < -0.4 is 15.5 Å². The molecule has 1 heterocycles. The highest BCUT2D eigenvalue weighted by atomic mass is 79.9. The average Bonchev–Trinajstić information content (AvgIpc) is 2.79. The number of rotatable bonds is 4. The van der Waals surface area contributed by atoms with Gasteiger partial charge in [-0.1, -0.05) is 53.2 Å². The summed E-state index contributed by atoms with van der Waals surface area (Å²) in [4.78, 5) is 27.8. The maximum atomic E-state index is 13.2. The van der Waals surface area contributed by atoms with E-state index in [1.54, 1.807) is 20.0 Å². The van der Waals surface area contributed by atoms with E-state index in [1.807, 2.05) is 53.4 Å².